The van der Waals surface area contributed by atoms with Gasteiger partial charge in [0.15, 0.2) is 0 Å². The van der Waals surface area contributed by atoms with Crippen molar-refractivity contribution in [1.82, 2.24) is 5.32 Å². The molecule has 0 saturated carbocycles. The molecule has 0 aliphatic rings. The molecule has 5 nitrogen and oxygen atoms in total. The fourth-order valence-electron chi connectivity index (χ4n) is 1.73. The van der Waals surface area contributed by atoms with Crippen LogP contribution in [0.4, 0.5) is 19.3 Å². The number of hydrogen-bond acceptors (Lipinski definition) is 3. The van der Waals surface area contributed by atoms with Crippen LogP contribution in [-0.4, -0.2) is 30.4 Å². The van der Waals surface area contributed by atoms with E-state index in [-0.39, 0.29) is 19.0 Å². The number of benzene rings is 2. The van der Waals surface area contributed by atoms with Gasteiger partial charge >= 0.3 is 6.03 Å². The van der Waals surface area contributed by atoms with E-state index in [1.165, 1.54) is 48.5 Å². The Labute approximate surface area is 131 Å². The Morgan fingerprint density at radius 1 is 1.13 bits per heavy atom. The number of carbonyl (C=O) groups is 1. The number of aliphatic hydroxyl groups excluding tert-OH is 1. The maximum absolute atomic E-state index is 13.0. The van der Waals surface area contributed by atoms with Crippen molar-refractivity contribution >= 4 is 11.7 Å². The first kappa shape index (κ1) is 16.7. The molecule has 0 heterocycles. The number of aliphatic hydroxyl groups is 1. The van der Waals surface area contributed by atoms with E-state index in [2.05, 4.69) is 10.6 Å². The number of urea groups is 1. The molecule has 0 aromatic heterocycles. The second-order valence-electron chi connectivity index (χ2n) is 4.76. The lowest BCUT2D eigenvalue weighted by molar-refractivity contribution is 0.108. The zero-order valence-corrected chi connectivity index (χ0v) is 12.1. The highest BCUT2D eigenvalue weighted by Crippen LogP contribution is 2.11. The third-order valence-electron chi connectivity index (χ3n) is 2.84. The van der Waals surface area contributed by atoms with Crippen molar-refractivity contribution < 1.29 is 23.4 Å². The number of rotatable bonds is 6. The van der Waals surface area contributed by atoms with Crippen LogP contribution in [0.2, 0.25) is 0 Å². The topological polar surface area (TPSA) is 70.6 Å². The van der Waals surface area contributed by atoms with Gasteiger partial charge in [0.1, 0.15) is 30.1 Å². The second-order valence-corrected chi connectivity index (χ2v) is 4.76. The smallest absolute Gasteiger partial charge is 0.319 e. The highest BCUT2D eigenvalue weighted by Gasteiger charge is 2.08. The average molecular weight is 322 g/mol. The molecule has 2 aromatic rings. The summed E-state index contributed by atoms with van der Waals surface area (Å²) in [5.74, 6) is -0.432. The van der Waals surface area contributed by atoms with Gasteiger partial charge in [0.25, 0.3) is 0 Å². The molecule has 2 rings (SSSR count). The number of ether oxygens (including phenoxy) is 1. The van der Waals surface area contributed by atoms with Crippen LogP contribution in [0.3, 0.4) is 0 Å². The zero-order valence-electron chi connectivity index (χ0n) is 12.1. The maximum atomic E-state index is 13.0. The molecule has 2 aromatic carbocycles. The third-order valence-corrected chi connectivity index (χ3v) is 2.84. The summed E-state index contributed by atoms with van der Waals surface area (Å²) in [6, 6.07) is 10.2. The Kier molecular flexibility index (Phi) is 5.87. The fraction of sp³-hybridized carbons (Fsp3) is 0.188. The Hall–Kier alpha value is -2.67. The lowest BCUT2D eigenvalue weighted by atomic mass is 10.3. The van der Waals surface area contributed by atoms with E-state index in [0.29, 0.717) is 11.4 Å². The Bertz CT molecular complexity index is 650. The molecule has 0 bridgehead atoms. The summed E-state index contributed by atoms with van der Waals surface area (Å²) in [4.78, 5) is 11.6. The highest BCUT2D eigenvalue weighted by molar-refractivity contribution is 5.89. The van der Waals surface area contributed by atoms with E-state index in [4.69, 9.17) is 4.74 Å². The lowest BCUT2D eigenvalue weighted by Crippen LogP contribution is -2.37. The van der Waals surface area contributed by atoms with Crippen molar-refractivity contribution in [2.75, 3.05) is 18.5 Å². The molecule has 7 heteroatoms. The van der Waals surface area contributed by atoms with Gasteiger partial charge in [-0.2, -0.15) is 0 Å². The minimum atomic E-state index is -0.946. The molecule has 0 fully saturated rings. The summed E-state index contributed by atoms with van der Waals surface area (Å²) >= 11 is 0. The molecule has 0 aliphatic heterocycles. The SMILES string of the molecule is O=C(NCC(O)COc1ccc(F)cc1)Nc1cccc(F)c1. The molecule has 1 unspecified atom stereocenters. The molecule has 0 saturated heterocycles. The van der Waals surface area contributed by atoms with Crippen LogP contribution in [0.5, 0.6) is 5.75 Å². The molecule has 0 aliphatic carbocycles. The number of halogens is 2. The van der Waals surface area contributed by atoms with Crippen LogP contribution in [-0.2, 0) is 0 Å². The largest absolute Gasteiger partial charge is 0.491 e. The van der Waals surface area contributed by atoms with Crippen LogP contribution < -0.4 is 15.4 Å². The van der Waals surface area contributed by atoms with Crippen LogP contribution in [0.1, 0.15) is 0 Å². The first-order chi connectivity index (χ1) is 11.0. The highest BCUT2D eigenvalue weighted by atomic mass is 19.1. The zero-order chi connectivity index (χ0) is 16.7. The number of amides is 2. The van der Waals surface area contributed by atoms with Crippen LogP contribution in [0, 0.1) is 11.6 Å². The summed E-state index contributed by atoms with van der Waals surface area (Å²) in [6.45, 7) is -0.117. The normalized spacial score (nSPS) is 11.6. The van der Waals surface area contributed by atoms with Gasteiger partial charge in [-0.15, -0.1) is 0 Å². The molecule has 0 radical (unpaired) electrons. The predicted molar refractivity (Wildman–Crippen MR) is 81.3 cm³/mol. The van der Waals surface area contributed by atoms with E-state index in [1.54, 1.807) is 0 Å². The minimum absolute atomic E-state index is 0.0532. The molecule has 1 atom stereocenters. The van der Waals surface area contributed by atoms with Crippen LogP contribution in [0.25, 0.3) is 0 Å². The van der Waals surface area contributed by atoms with Crippen molar-refractivity contribution in [3.8, 4) is 5.75 Å². The number of anilines is 1. The quantitative estimate of drug-likeness (QED) is 0.765. The van der Waals surface area contributed by atoms with Gasteiger partial charge in [0.2, 0.25) is 0 Å². The summed E-state index contributed by atoms with van der Waals surface area (Å²) in [7, 11) is 0. The predicted octanol–water partition coefficient (Wildman–Crippen LogP) is 2.53. The number of carbonyl (C=O) groups excluding carboxylic acids is 1. The van der Waals surface area contributed by atoms with Crippen molar-refractivity contribution in [3.05, 3.63) is 60.2 Å². The lowest BCUT2D eigenvalue weighted by Gasteiger charge is -2.14. The van der Waals surface area contributed by atoms with Crippen molar-refractivity contribution in [2.45, 2.75) is 6.10 Å². The molecular formula is C16H16F2N2O3. The van der Waals surface area contributed by atoms with Gasteiger partial charge in [-0.05, 0) is 42.5 Å². The summed E-state index contributed by atoms with van der Waals surface area (Å²) in [5.41, 5.74) is 0.305. The average Bonchev–Trinajstić information content (AvgIpc) is 2.52. The Morgan fingerprint density at radius 2 is 1.87 bits per heavy atom. The van der Waals surface area contributed by atoms with Crippen molar-refractivity contribution in [1.29, 1.82) is 0 Å². The van der Waals surface area contributed by atoms with Crippen LogP contribution >= 0.6 is 0 Å². The summed E-state index contributed by atoms with van der Waals surface area (Å²) in [6.07, 6.45) is -0.946. The second kappa shape index (κ2) is 8.09. The molecular weight excluding hydrogens is 306 g/mol. The maximum Gasteiger partial charge on any atom is 0.319 e. The van der Waals surface area contributed by atoms with Gasteiger partial charge in [-0.3, -0.25) is 0 Å². The third kappa shape index (κ3) is 5.91. The molecule has 122 valence electrons. The van der Waals surface area contributed by atoms with E-state index in [0.717, 1.165) is 0 Å². The fourth-order valence-corrected chi connectivity index (χ4v) is 1.73. The van der Waals surface area contributed by atoms with E-state index in [1.807, 2.05) is 0 Å². The Balaban J connectivity index is 1.70. The van der Waals surface area contributed by atoms with Crippen molar-refractivity contribution in [2.24, 2.45) is 0 Å². The van der Waals surface area contributed by atoms with Gasteiger partial charge in [0.05, 0.1) is 0 Å². The first-order valence-electron chi connectivity index (χ1n) is 6.90. The first-order valence-corrected chi connectivity index (χ1v) is 6.90. The van der Waals surface area contributed by atoms with Gasteiger partial charge in [-0.25, -0.2) is 13.6 Å². The molecule has 23 heavy (non-hydrogen) atoms. The van der Waals surface area contributed by atoms with E-state index < -0.39 is 18.0 Å². The molecule has 2 amide bonds. The number of hydrogen-bond donors (Lipinski definition) is 3. The summed E-state index contributed by atoms with van der Waals surface area (Å²) in [5, 5.41) is 14.6. The van der Waals surface area contributed by atoms with Crippen LogP contribution in [0.15, 0.2) is 48.5 Å². The van der Waals surface area contributed by atoms with Gasteiger partial charge in [0, 0.05) is 12.2 Å². The molecule has 0 spiro atoms. The summed E-state index contributed by atoms with van der Waals surface area (Å²) < 4.78 is 30.9. The monoisotopic (exact) mass is 322 g/mol. The van der Waals surface area contributed by atoms with Gasteiger partial charge in [-0.1, -0.05) is 6.07 Å². The number of nitrogens with one attached hydrogen (secondary N) is 2. The standard InChI is InChI=1S/C16H16F2N2O3/c17-11-4-6-15(7-5-11)23-10-14(21)9-19-16(22)20-13-3-1-2-12(18)8-13/h1-8,14,21H,9-10H2,(H2,19,20,22). The van der Waals surface area contributed by atoms with E-state index >= 15 is 0 Å². The van der Waals surface area contributed by atoms with Crippen molar-refractivity contribution in [3.63, 3.8) is 0 Å². The molecule has 3 N–H and O–H groups in total. The minimum Gasteiger partial charge on any atom is -0.491 e. The van der Waals surface area contributed by atoms with E-state index in [9.17, 15) is 18.7 Å². The van der Waals surface area contributed by atoms with Gasteiger partial charge < -0.3 is 20.5 Å². The Morgan fingerprint density at radius 3 is 2.57 bits per heavy atom.